The van der Waals surface area contributed by atoms with Crippen LogP contribution in [0.25, 0.3) is 122 Å². The van der Waals surface area contributed by atoms with Crippen LogP contribution in [0.5, 0.6) is 0 Å². The highest BCUT2D eigenvalue weighted by Gasteiger charge is 2.18. The molecule has 0 unspecified atom stereocenters. The fourth-order valence-corrected chi connectivity index (χ4v) is 9.15. The maximum absolute atomic E-state index is 6.63. The maximum atomic E-state index is 6.63. The molecule has 0 radical (unpaired) electrons. The Bertz CT molecular complexity index is 3660. The largest absolute Gasteiger partial charge is 0.456 e. The molecule has 0 aliphatic rings. The van der Waals surface area contributed by atoms with Gasteiger partial charge in [0, 0.05) is 27.5 Å². The van der Waals surface area contributed by atoms with E-state index in [0.29, 0.717) is 17.5 Å². The fraction of sp³-hybridized carbons (Fsp3) is 0.0172. The van der Waals surface area contributed by atoms with Crippen LogP contribution in [0.3, 0.4) is 0 Å². The Kier molecular flexibility index (Phi) is 8.36. The van der Waals surface area contributed by atoms with Crippen LogP contribution in [0, 0.1) is 6.92 Å². The van der Waals surface area contributed by atoms with Crippen molar-refractivity contribution in [1.82, 2.24) is 15.0 Å². The van der Waals surface area contributed by atoms with Gasteiger partial charge >= 0.3 is 0 Å². The summed E-state index contributed by atoms with van der Waals surface area (Å²) < 4.78 is 6.63. The number of rotatable bonds is 6. The van der Waals surface area contributed by atoms with Crippen LogP contribution in [-0.2, 0) is 0 Å². The molecular weight excluding hydrogens is 755 g/mol. The van der Waals surface area contributed by atoms with Gasteiger partial charge in [0.25, 0.3) is 0 Å². The standard InChI is InChI=1S/C58H37N3O/c1-36-12-9-15-40(32-36)41-16-10-17-42(33-41)56-59-57(43-28-30-50-48-20-6-5-18-46(48)47-19-7-8-21-49(47)52(50)34-43)61-58(60-56)44-29-31-51-54(35-44)62-53-23-11-22-45(55(51)53)39-26-24-38(25-27-39)37-13-3-2-4-14-37/h2-35H,1H3. The van der Waals surface area contributed by atoms with Crippen LogP contribution in [0.2, 0.25) is 0 Å². The quantitative estimate of drug-likeness (QED) is 0.157. The van der Waals surface area contributed by atoms with Crippen LogP contribution in [-0.4, -0.2) is 15.0 Å². The summed E-state index contributed by atoms with van der Waals surface area (Å²) in [6.07, 6.45) is 0. The average Bonchev–Trinajstić information content (AvgIpc) is 3.73. The SMILES string of the molecule is Cc1cccc(-c2cccc(-c3nc(-c4ccc5c(c4)oc4cccc(-c6ccc(-c7ccccc7)cc6)c45)nc(-c4ccc5c6ccccc6c6ccccc6c5c4)n3)c2)c1. The van der Waals surface area contributed by atoms with Gasteiger partial charge in [-0.25, -0.2) is 15.0 Å². The molecule has 0 N–H and O–H groups in total. The lowest BCUT2D eigenvalue weighted by molar-refractivity contribution is 0.669. The van der Waals surface area contributed by atoms with E-state index >= 15 is 0 Å². The molecule has 0 spiro atoms. The highest BCUT2D eigenvalue weighted by molar-refractivity contribution is 6.25. The first-order chi connectivity index (χ1) is 30.6. The van der Waals surface area contributed by atoms with Crippen molar-refractivity contribution < 1.29 is 4.42 Å². The number of aryl methyl sites for hydroxylation is 1. The van der Waals surface area contributed by atoms with E-state index < -0.39 is 0 Å². The molecule has 62 heavy (non-hydrogen) atoms. The number of benzene rings is 10. The van der Waals surface area contributed by atoms with E-state index in [1.54, 1.807) is 0 Å². The zero-order chi connectivity index (χ0) is 41.1. The van der Waals surface area contributed by atoms with Gasteiger partial charge in [0.15, 0.2) is 17.5 Å². The third-order valence-corrected chi connectivity index (χ3v) is 12.2. The topological polar surface area (TPSA) is 51.8 Å². The Balaban J connectivity index is 1.02. The summed E-state index contributed by atoms with van der Waals surface area (Å²) in [4.78, 5) is 15.7. The summed E-state index contributed by atoms with van der Waals surface area (Å²) in [5.41, 5.74) is 12.4. The number of furan rings is 1. The number of nitrogens with zero attached hydrogens (tertiary/aromatic N) is 3. The maximum Gasteiger partial charge on any atom is 0.164 e. The van der Waals surface area contributed by atoms with Crippen molar-refractivity contribution in [2.45, 2.75) is 6.92 Å². The predicted octanol–water partition coefficient (Wildman–Crippen LogP) is 15.5. The van der Waals surface area contributed by atoms with Crippen molar-refractivity contribution in [3.8, 4) is 67.5 Å². The minimum atomic E-state index is 0.577. The zero-order valence-corrected chi connectivity index (χ0v) is 33.9. The summed E-state index contributed by atoms with van der Waals surface area (Å²) in [6.45, 7) is 2.12. The lowest BCUT2D eigenvalue weighted by Crippen LogP contribution is -2.00. The molecule has 0 aliphatic carbocycles. The molecule has 12 aromatic rings. The third-order valence-electron chi connectivity index (χ3n) is 12.2. The summed E-state index contributed by atoms with van der Waals surface area (Å²) in [5, 5.41) is 9.39. The van der Waals surface area contributed by atoms with Crippen molar-refractivity contribution in [1.29, 1.82) is 0 Å². The van der Waals surface area contributed by atoms with Crippen molar-refractivity contribution in [3.05, 3.63) is 212 Å². The highest BCUT2D eigenvalue weighted by Crippen LogP contribution is 2.40. The number of fused-ring (bicyclic) bond motifs is 9. The van der Waals surface area contributed by atoms with Crippen LogP contribution >= 0.6 is 0 Å². The first-order valence-electron chi connectivity index (χ1n) is 21.0. The number of hydrogen-bond acceptors (Lipinski definition) is 4. The van der Waals surface area contributed by atoms with Gasteiger partial charge in [0.1, 0.15) is 11.2 Å². The molecule has 0 amide bonds. The monoisotopic (exact) mass is 791 g/mol. The Morgan fingerprint density at radius 1 is 0.290 bits per heavy atom. The summed E-state index contributed by atoms with van der Waals surface area (Å²) >= 11 is 0. The van der Waals surface area contributed by atoms with E-state index in [2.05, 4.69) is 201 Å². The normalized spacial score (nSPS) is 11.6. The van der Waals surface area contributed by atoms with Crippen LogP contribution in [0.15, 0.2) is 211 Å². The van der Waals surface area contributed by atoms with Gasteiger partial charge in [0.05, 0.1) is 0 Å². The molecule has 4 heteroatoms. The van der Waals surface area contributed by atoms with E-state index in [9.17, 15) is 0 Å². The summed E-state index contributed by atoms with van der Waals surface area (Å²) in [5.74, 6) is 1.79. The van der Waals surface area contributed by atoms with Gasteiger partial charge in [-0.1, -0.05) is 181 Å². The highest BCUT2D eigenvalue weighted by atomic mass is 16.3. The second kappa shape index (κ2) is 14.5. The van der Waals surface area contributed by atoms with Gasteiger partial charge in [-0.2, -0.15) is 0 Å². The van der Waals surface area contributed by atoms with Crippen LogP contribution < -0.4 is 0 Å². The molecule has 12 rings (SSSR count). The lowest BCUT2D eigenvalue weighted by atomic mass is 9.93. The second-order valence-corrected chi connectivity index (χ2v) is 16.0. The molecule has 2 aromatic heterocycles. The minimum absolute atomic E-state index is 0.577. The molecule has 0 saturated heterocycles. The molecule has 0 atom stereocenters. The molecule has 0 saturated carbocycles. The number of hydrogen-bond donors (Lipinski definition) is 0. The number of aromatic nitrogens is 3. The zero-order valence-electron chi connectivity index (χ0n) is 33.9. The molecule has 290 valence electrons. The van der Waals surface area contributed by atoms with Crippen molar-refractivity contribution in [2.75, 3.05) is 0 Å². The van der Waals surface area contributed by atoms with Crippen molar-refractivity contribution >= 4 is 54.3 Å². The van der Waals surface area contributed by atoms with Gasteiger partial charge in [-0.15, -0.1) is 0 Å². The van der Waals surface area contributed by atoms with Crippen LogP contribution in [0.1, 0.15) is 5.56 Å². The Morgan fingerprint density at radius 2 is 0.758 bits per heavy atom. The van der Waals surface area contributed by atoms with Gasteiger partial charge < -0.3 is 4.42 Å². The third kappa shape index (κ3) is 6.12. The molecule has 4 nitrogen and oxygen atoms in total. The molecular formula is C58H37N3O. The predicted molar refractivity (Wildman–Crippen MR) is 257 cm³/mol. The lowest BCUT2D eigenvalue weighted by Gasteiger charge is -2.13. The Labute approximate surface area is 358 Å². The van der Waals surface area contributed by atoms with Crippen molar-refractivity contribution in [2.24, 2.45) is 0 Å². The van der Waals surface area contributed by atoms with Crippen LogP contribution in [0.4, 0.5) is 0 Å². The smallest absolute Gasteiger partial charge is 0.164 e. The first kappa shape index (κ1) is 35.7. The Morgan fingerprint density at radius 3 is 1.44 bits per heavy atom. The van der Waals surface area contributed by atoms with E-state index in [-0.39, 0.29) is 0 Å². The van der Waals surface area contributed by atoms with E-state index in [1.165, 1.54) is 43.6 Å². The fourth-order valence-electron chi connectivity index (χ4n) is 9.15. The Hall–Kier alpha value is -8.21. The van der Waals surface area contributed by atoms with E-state index in [0.717, 1.165) is 66.3 Å². The van der Waals surface area contributed by atoms with Gasteiger partial charge in [-0.05, 0) is 103 Å². The average molecular weight is 792 g/mol. The summed E-state index contributed by atoms with van der Waals surface area (Å²) in [7, 11) is 0. The second-order valence-electron chi connectivity index (χ2n) is 16.0. The van der Waals surface area contributed by atoms with Crippen molar-refractivity contribution in [3.63, 3.8) is 0 Å². The molecule has 10 aromatic carbocycles. The van der Waals surface area contributed by atoms with E-state index in [1.807, 2.05) is 12.1 Å². The van der Waals surface area contributed by atoms with E-state index in [4.69, 9.17) is 19.4 Å². The van der Waals surface area contributed by atoms with Gasteiger partial charge in [0.2, 0.25) is 0 Å². The molecule has 2 heterocycles. The first-order valence-corrected chi connectivity index (χ1v) is 21.0. The molecule has 0 aliphatic heterocycles. The molecule has 0 fully saturated rings. The minimum Gasteiger partial charge on any atom is -0.456 e. The molecule has 0 bridgehead atoms. The summed E-state index contributed by atoms with van der Waals surface area (Å²) in [6, 6.07) is 72.8. The van der Waals surface area contributed by atoms with Gasteiger partial charge in [-0.3, -0.25) is 0 Å².